The summed E-state index contributed by atoms with van der Waals surface area (Å²) in [5.74, 6) is -1.89. The maximum Gasteiger partial charge on any atom is 0.337 e. The van der Waals surface area contributed by atoms with Gasteiger partial charge in [0.05, 0.1) is 11.3 Å². The fraction of sp³-hybridized carbons (Fsp3) is 0.385. The first-order valence-electron chi connectivity index (χ1n) is 5.76. The second-order valence-corrected chi connectivity index (χ2v) is 4.26. The predicted octanol–water partition coefficient (Wildman–Crippen LogP) is 2.90. The second-order valence-electron chi connectivity index (χ2n) is 4.26. The lowest BCUT2D eigenvalue weighted by Crippen LogP contribution is -2.17. The van der Waals surface area contributed by atoms with Crippen molar-refractivity contribution in [1.29, 1.82) is 0 Å². The zero-order valence-corrected chi connectivity index (χ0v) is 10.4. The lowest BCUT2D eigenvalue weighted by atomic mass is 10.0. The number of nitrogens with one attached hydrogen (secondary N) is 1. The largest absolute Gasteiger partial charge is 0.478 e. The van der Waals surface area contributed by atoms with Crippen LogP contribution in [-0.2, 0) is 4.79 Å². The maximum absolute atomic E-state index is 13.0. The van der Waals surface area contributed by atoms with Gasteiger partial charge in [0.25, 0.3) is 0 Å². The van der Waals surface area contributed by atoms with Crippen LogP contribution in [0.25, 0.3) is 0 Å². The summed E-state index contributed by atoms with van der Waals surface area (Å²) in [7, 11) is 0. The smallest absolute Gasteiger partial charge is 0.337 e. The van der Waals surface area contributed by atoms with E-state index in [2.05, 4.69) is 5.32 Å². The molecule has 0 radical (unpaired) electrons. The Morgan fingerprint density at radius 2 is 2.11 bits per heavy atom. The van der Waals surface area contributed by atoms with Crippen LogP contribution in [0.1, 0.15) is 37.0 Å². The van der Waals surface area contributed by atoms with E-state index in [9.17, 15) is 14.0 Å². The lowest BCUT2D eigenvalue weighted by molar-refractivity contribution is -0.117. The van der Waals surface area contributed by atoms with Crippen molar-refractivity contribution in [2.45, 2.75) is 26.7 Å². The number of carbonyl (C=O) groups is 2. The summed E-state index contributed by atoms with van der Waals surface area (Å²) in [5, 5.41) is 11.4. The van der Waals surface area contributed by atoms with Gasteiger partial charge < -0.3 is 10.4 Å². The normalized spacial score (nSPS) is 11.9. The molecular formula is C13H16FNO3. The molecule has 2 N–H and O–H groups in total. The topological polar surface area (TPSA) is 66.4 Å². The molecule has 1 amide bonds. The van der Waals surface area contributed by atoms with Crippen molar-refractivity contribution < 1.29 is 19.1 Å². The highest BCUT2D eigenvalue weighted by Crippen LogP contribution is 2.18. The summed E-state index contributed by atoms with van der Waals surface area (Å²) < 4.78 is 13.0. The first-order chi connectivity index (χ1) is 8.43. The van der Waals surface area contributed by atoms with Gasteiger partial charge in [-0.25, -0.2) is 9.18 Å². The summed E-state index contributed by atoms with van der Waals surface area (Å²) in [6.07, 6.45) is 1.13. The number of halogens is 1. The van der Waals surface area contributed by atoms with Gasteiger partial charge in [-0.1, -0.05) is 20.3 Å². The molecule has 1 aromatic rings. The van der Waals surface area contributed by atoms with Gasteiger partial charge in [-0.05, 0) is 24.1 Å². The fourth-order valence-corrected chi connectivity index (χ4v) is 1.47. The Kier molecular flexibility index (Phi) is 4.83. The van der Waals surface area contributed by atoms with Crippen molar-refractivity contribution in [3.05, 3.63) is 29.6 Å². The Morgan fingerprint density at radius 1 is 1.44 bits per heavy atom. The minimum absolute atomic E-state index is 0.00389. The molecule has 0 spiro atoms. The van der Waals surface area contributed by atoms with Crippen LogP contribution in [0.2, 0.25) is 0 Å². The van der Waals surface area contributed by atoms with Gasteiger partial charge in [-0.15, -0.1) is 0 Å². The molecule has 0 aliphatic rings. The fourth-order valence-electron chi connectivity index (χ4n) is 1.47. The van der Waals surface area contributed by atoms with Crippen LogP contribution in [0.15, 0.2) is 18.2 Å². The number of anilines is 1. The summed E-state index contributed by atoms with van der Waals surface area (Å²) in [4.78, 5) is 22.6. The van der Waals surface area contributed by atoms with Crippen molar-refractivity contribution in [3.8, 4) is 0 Å². The molecule has 98 valence electrons. The average molecular weight is 253 g/mol. The Bertz CT molecular complexity index is 460. The number of benzene rings is 1. The highest BCUT2D eigenvalue weighted by Gasteiger charge is 2.14. The number of amides is 1. The first-order valence-corrected chi connectivity index (χ1v) is 5.76. The van der Waals surface area contributed by atoms with Crippen LogP contribution in [-0.4, -0.2) is 17.0 Å². The zero-order valence-electron chi connectivity index (χ0n) is 10.4. The van der Waals surface area contributed by atoms with E-state index < -0.39 is 11.8 Å². The van der Waals surface area contributed by atoms with E-state index in [4.69, 9.17) is 5.11 Å². The molecule has 1 aromatic carbocycles. The molecule has 5 heteroatoms. The van der Waals surface area contributed by atoms with Crippen LogP contribution >= 0.6 is 0 Å². The van der Waals surface area contributed by atoms with Gasteiger partial charge in [0.2, 0.25) is 5.91 Å². The molecule has 1 rings (SSSR count). The van der Waals surface area contributed by atoms with Crippen LogP contribution in [0, 0.1) is 11.7 Å². The summed E-state index contributed by atoms with van der Waals surface area (Å²) in [6.45, 7) is 3.88. The number of carboxylic acids is 1. The average Bonchev–Trinajstić information content (AvgIpc) is 2.28. The number of carbonyl (C=O) groups excluding carboxylic acids is 1. The number of hydrogen-bond acceptors (Lipinski definition) is 2. The van der Waals surface area contributed by atoms with E-state index in [1.807, 2.05) is 13.8 Å². The summed E-state index contributed by atoms with van der Waals surface area (Å²) in [6, 6.07) is 3.20. The highest BCUT2D eigenvalue weighted by molar-refractivity contribution is 6.00. The van der Waals surface area contributed by atoms with Crippen molar-refractivity contribution in [1.82, 2.24) is 0 Å². The Morgan fingerprint density at radius 3 is 2.67 bits per heavy atom. The number of hydrogen-bond donors (Lipinski definition) is 2. The van der Waals surface area contributed by atoms with Crippen LogP contribution in [0.3, 0.4) is 0 Å². The van der Waals surface area contributed by atoms with Crippen molar-refractivity contribution in [3.63, 3.8) is 0 Å². The molecule has 1 unspecified atom stereocenters. The summed E-state index contributed by atoms with van der Waals surface area (Å²) >= 11 is 0. The van der Waals surface area contributed by atoms with Gasteiger partial charge in [0.1, 0.15) is 5.82 Å². The van der Waals surface area contributed by atoms with Gasteiger partial charge >= 0.3 is 5.97 Å². The molecule has 0 aliphatic heterocycles. The van der Waals surface area contributed by atoms with Crippen LogP contribution in [0.5, 0.6) is 0 Å². The molecular weight excluding hydrogens is 237 g/mol. The Labute approximate surface area is 105 Å². The molecule has 0 aliphatic carbocycles. The standard InChI is InChI=1S/C13H16FNO3/c1-3-8(2)6-12(16)15-11-7-9(14)4-5-10(11)13(17)18/h4-5,7-8H,3,6H2,1-2H3,(H,15,16)(H,17,18). The quantitative estimate of drug-likeness (QED) is 0.847. The maximum atomic E-state index is 13.0. The van der Waals surface area contributed by atoms with Gasteiger partial charge in [-0.2, -0.15) is 0 Å². The molecule has 4 nitrogen and oxygen atoms in total. The van der Waals surface area contributed by atoms with Gasteiger partial charge in [0.15, 0.2) is 0 Å². The van der Waals surface area contributed by atoms with E-state index in [0.29, 0.717) is 0 Å². The summed E-state index contributed by atoms with van der Waals surface area (Å²) in [5.41, 5.74) is -0.121. The molecule has 1 atom stereocenters. The van der Waals surface area contributed by atoms with Crippen LogP contribution in [0.4, 0.5) is 10.1 Å². The molecule has 0 saturated heterocycles. The van der Waals surface area contributed by atoms with Crippen molar-refractivity contribution in [2.75, 3.05) is 5.32 Å². The Balaban J connectivity index is 2.86. The molecule has 0 fully saturated rings. The molecule has 0 saturated carbocycles. The minimum Gasteiger partial charge on any atom is -0.478 e. The molecule has 0 aromatic heterocycles. The SMILES string of the molecule is CCC(C)CC(=O)Nc1cc(F)ccc1C(=O)O. The minimum atomic E-state index is -1.20. The zero-order chi connectivity index (χ0) is 13.7. The van der Waals surface area contributed by atoms with Gasteiger partial charge in [0, 0.05) is 6.42 Å². The van der Waals surface area contributed by atoms with E-state index in [1.54, 1.807) is 0 Å². The molecule has 18 heavy (non-hydrogen) atoms. The van der Waals surface area contributed by atoms with Crippen molar-refractivity contribution >= 4 is 17.6 Å². The van der Waals surface area contributed by atoms with Crippen LogP contribution < -0.4 is 5.32 Å². The highest BCUT2D eigenvalue weighted by atomic mass is 19.1. The number of rotatable bonds is 5. The third-order valence-electron chi connectivity index (χ3n) is 2.72. The second kappa shape index (κ2) is 6.14. The molecule has 0 bridgehead atoms. The van der Waals surface area contributed by atoms with E-state index in [0.717, 1.165) is 24.6 Å². The Hall–Kier alpha value is -1.91. The van der Waals surface area contributed by atoms with E-state index >= 15 is 0 Å². The first kappa shape index (κ1) is 14.2. The third-order valence-corrected chi connectivity index (χ3v) is 2.72. The van der Waals surface area contributed by atoms with Crippen molar-refractivity contribution in [2.24, 2.45) is 5.92 Å². The predicted molar refractivity (Wildman–Crippen MR) is 66.1 cm³/mol. The lowest BCUT2D eigenvalue weighted by Gasteiger charge is -2.11. The molecule has 0 heterocycles. The number of carboxylic acid groups (broad SMARTS) is 1. The van der Waals surface area contributed by atoms with E-state index in [1.165, 1.54) is 0 Å². The van der Waals surface area contributed by atoms with E-state index in [-0.39, 0.29) is 29.5 Å². The number of aromatic carboxylic acids is 1. The monoisotopic (exact) mass is 253 g/mol. The van der Waals surface area contributed by atoms with Gasteiger partial charge in [-0.3, -0.25) is 4.79 Å². The third kappa shape index (κ3) is 3.84.